The molecular weight excluding hydrogens is 372 g/mol. The summed E-state index contributed by atoms with van der Waals surface area (Å²) in [4.78, 5) is 8.77. The van der Waals surface area contributed by atoms with Crippen molar-refractivity contribution in [1.82, 2.24) is 9.97 Å². The Balaban J connectivity index is 1.72. The minimum Gasteiger partial charge on any atom is -0.497 e. The van der Waals surface area contributed by atoms with Crippen LogP contribution < -0.4 is 29.6 Å². The van der Waals surface area contributed by atoms with Crippen molar-refractivity contribution in [3.63, 3.8) is 0 Å². The summed E-state index contributed by atoms with van der Waals surface area (Å²) < 4.78 is 21.3. The number of rotatable bonds is 9. The van der Waals surface area contributed by atoms with Gasteiger partial charge in [0.15, 0.2) is 11.5 Å². The number of hydrogen-bond acceptors (Lipinski definition) is 8. The highest BCUT2D eigenvalue weighted by Crippen LogP contribution is 2.40. The number of anilines is 3. The SMILES string of the molecule is COc1ccc(CNc2ccnc(Nc3cc(OC)c(OC)c(OC)c3)n2)cc1. The molecule has 0 amide bonds. The van der Waals surface area contributed by atoms with Crippen LogP contribution in [0.1, 0.15) is 5.56 Å². The van der Waals surface area contributed by atoms with Crippen LogP contribution in [0, 0.1) is 0 Å². The zero-order valence-electron chi connectivity index (χ0n) is 16.9. The van der Waals surface area contributed by atoms with Crippen molar-refractivity contribution in [1.29, 1.82) is 0 Å². The summed E-state index contributed by atoms with van der Waals surface area (Å²) in [6.45, 7) is 0.630. The Labute approximate surface area is 169 Å². The van der Waals surface area contributed by atoms with E-state index in [0.717, 1.165) is 11.3 Å². The molecule has 1 heterocycles. The lowest BCUT2D eigenvalue weighted by Gasteiger charge is -2.15. The maximum atomic E-state index is 5.38. The molecule has 0 spiro atoms. The monoisotopic (exact) mass is 396 g/mol. The lowest BCUT2D eigenvalue weighted by atomic mass is 10.2. The van der Waals surface area contributed by atoms with Gasteiger partial charge in [-0.25, -0.2) is 4.98 Å². The van der Waals surface area contributed by atoms with Crippen LogP contribution in [-0.2, 0) is 6.54 Å². The Morgan fingerprint density at radius 3 is 2.10 bits per heavy atom. The van der Waals surface area contributed by atoms with Crippen LogP contribution in [0.3, 0.4) is 0 Å². The van der Waals surface area contributed by atoms with E-state index in [1.54, 1.807) is 46.8 Å². The third kappa shape index (κ3) is 4.98. The number of hydrogen-bond donors (Lipinski definition) is 2. The van der Waals surface area contributed by atoms with E-state index in [-0.39, 0.29) is 0 Å². The summed E-state index contributed by atoms with van der Waals surface area (Å²) in [6.07, 6.45) is 1.68. The molecule has 0 atom stereocenters. The van der Waals surface area contributed by atoms with Crippen molar-refractivity contribution >= 4 is 17.5 Å². The molecule has 0 bridgehead atoms. The van der Waals surface area contributed by atoms with Gasteiger partial charge in [-0.05, 0) is 23.8 Å². The maximum Gasteiger partial charge on any atom is 0.229 e. The Morgan fingerprint density at radius 1 is 0.828 bits per heavy atom. The van der Waals surface area contributed by atoms with Crippen LogP contribution in [-0.4, -0.2) is 38.4 Å². The summed E-state index contributed by atoms with van der Waals surface area (Å²) in [5.74, 6) is 3.58. The standard InChI is InChI=1S/C21H24N4O4/c1-26-16-7-5-14(6-8-16)13-23-19-9-10-22-21(25-19)24-15-11-17(27-2)20(29-4)18(12-15)28-3/h5-12H,13H2,1-4H3,(H2,22,23,24,25). The lowest BCUT2D eigenvalue weighted by molar-refractivity contribution is 0.324. The van der Waals surface area contributed by atoms with E-state index in [2.05, 4.69) is 20.6 Å². The number of ether oxygens (including phenoxy) is 4. The molecule has 0 saturated heterocycles. The summed E-state index contributed by atoms with van der Waals surface area (Å²) in [5.41, 5.74) is 1.83. The third-order valence-corrected chi connectivity index (χ3v) is 4.21. The fourth-order valence-corrected chi connectivity index (χ4v) is 2.74. The second-order valence-electron chi connectivity index (χ2n) is 6.01. The fraction of sp³-hybridized carbons (Fsp3) is 0.238. The Kier molecular flexibility index (Phi) is 6.57. The second-order valence-corrected chi connectivity index (χ2v) is 6.01. The molecule has 0 aliphatic carbocycles. The van der Waals surface area contributed by atoms with Gasteiger partial charge in [0, 0.05) is 30.6 Å². The van der Waals surface area contributed by atoms with Crippen molar-refractivity contribution in [2.75, 3.05) is 39.1 Å². The second kappa shape index (κ2) is 9.50. The summed E-state index contributed by atoms with van der Waals surface area (Å²) in [7, 11) is 6.35. The van der Waals surface area contributed by atoms with Crippen LogP contribution in [0.15, 0.2) is 48.7 Å². The Hall–Kier alpha value is -3.68. The van der Waals surface area contributed by atoms with E-state index in [4.69, 9.17) is 18.9 Å². The maximum absolute atomic E-state index is 5.38. The molecule has 29 heavy (non-hydrogen) atoms. The first-order valence-electron chi connectivity index (χ1n) is 8.93. The summed E-state index contributed by atoms with van der Waals surface area (Å²) >= 11 is 0. The molecule has 0 unspecified atom stereocenters. The van der Waals surface area contributed by atoms with Gasteiger partial charge >= 0.3 is 0 Å². The molecule has 3 aromatic rings. The van der Waals surface area contributed by atoms with Gasteiger partial charge in [0.05, 0.1) is 28.4 Å². The zero-order valence-corrected chi connectivity index (χ0v) is 16.9. The minimum atomic E-state index is 0.444. The van der Waals surface area contributed by atoms with E-state index in [1.165, 1.54) is 0 Å². The molecule has 8 heteroatoms. The first-order chi connectivity index (χ1) is 14.2. The van der Waals surface area contributed by atoms with Gasteiger partial charge in [-0.2, -0.15) is 4.98 Å². The van der Waals surface area contributed by atoms with Crippen molar-refractivity contribution in [2.45, 2.75) is 6.54 Å². The van der Waals surface area contributed by atoms with E-state index >= 15 is 0 Å². The largest absolute Gasteiger partial charge is 0.497 e. The topological polar surface area (TPSA) is 86.8 Å². The number of aromatic nitrogens is 2. The quantitative estimate of drug-likeness (QED) is 0.564. The summed E-state index contributed by atoms with van der Waals surface area (Å²) in [6, 6.07) is 13.3. The molecule has 152 valence electrons. The van der Waals surface area contributed by atoms with Gasteiger partial charge in [-0.1, -0.05) is 12.1 Å². The van der Waals surface area contributed by atoms with Gasteiger partial charge in [0.1, 0.15) is 11.6 Å². The lowest BCUT2D eigenvalue weighted by Crippen LogP contribution is -2.04. The molecule has 0 saturated carbocycles. The van der Waals surface area contributed by atoms with Gasteiger partial charge in [-0.3, -0.25) is 0 Å². The average molecular weight is 396 g/mol. The van der Waals surface area contributed by atoms with E-state index in [9.17, 15) is 0 Å². The number of nitrogens with one attached hydrogen (secondary N) is 2. The molecule has 0 fully saturated rings. The molecule has 8 nitrogen and oxygen atoms in total. The van der Waals surface area contributed by atoms with Crippen molar-refractivity contribution in [3.05, 3.63) is 54.2 Å². The number of nitrogens with zero attached hydrogens (tertiary/aromatic N) is 2. The molecule has 0 aliphatic rings. The molecular formula is C21H24N4O4. The van der Waals surface area contributed by atoms with Crippen LogP contribution in [0.5, 0.6) is 23.0 Å². The highest BCUT2D eigenvalue weighted by Gasteiger charge is 2.14. The minimum absolute atomic E-state index is 0.444. The smallest absolute Gasteiger partial charge is 0.229 e. The first-order valence-corrected chi connectivity index (χ1v) is 8.93. The number of benzene rings is 2. The van der Waals surface area contributed by atoms with Crippen molar-refractivity contribution < 1.29 is 18.9 Å². The van der Waals surface area contributed by atoms with Crippen LogP contribution in [0.25, 0.3) is 0 Å². The molecule has 1 aromatic heterocycles. The molecule has 0 aliphatic heterocycles. The van der Waals surface area contributed by atoms with Crippen LogP contribution >= 0.6 is 0 Å². The molecule has 2 aromatic carbocycles. The fourth-order valence-electron chi connectivity index (χ4n) is 2.74. The Morgan fingerprint density at radius 2 is 1.52 bits per heavy atom. The van der Waals surface area contributed by atoms with Crippen molar-refractivity contribution in [2.24, 2.45) is 0 Å². The highest BCUT2D eigenvalue weighted by atomic mass is 16.5. The predicted molar refractivity (Wildman–Crippen MR) is 112 cm³/mol. The van der Waals surface area contributed by atoms with Gasteiger partial charge in [-0.15, -0.1) is 0 Å². The first kappa shape index (κ1) is 20.1. The zero-order chi connectivity index (χ0) is 20.6. The molecule has 0 radical (unpaired) electrons. The average Bonchev–Trinajstić information content (AvgIpc) is 2.77. The van der Waals surface area contributed by atoms with Crippen LogP contribution in [0.4, 0.5) is 17.5 Å². The van der Waals surface area contributed by atoms with Crippen molar-refractivity contribution in [3.8, 4) is 23.0 Å². The van der Waals surface area contributed by atoms with Gasteiger partial charge in [0.2, 0.25) is 11.7 Å². The molecule has 2 N–H and O–H groups in total. The predicted octanol–water partition coefficient (Wildman–Crippen LogP) is 3.87. The van der Waals surface area contributed by atoms with E-state index in [1.807, 2.05) is 30.3 Å². The third-order valence-electron chi connectivity index (χ3n) is 4.21. The van der Waals surface area contributed by atoms with Gasteiger partial charge < -0.3 is 29.6 Å². The van der Waals surface area contributed by atoms with Crippen LogP contribution in [0.2, 0.25) is 0 Å². The van der Waals surface area contributed by atoms with E-state index in [0.29, 0.717) is 41.2 Å². The molecule has 3 rings (SSSR count). The number of methoxy groups -OCH3 is 4. The highest BCUT2D eigenvalue weighted by molar-refractivity contribution is 5.66. The summed E-state index contributed by atoms with van der Waals surface area (Å²) in [5, 5.41) is 6.45. The Bertz CT molecular complexity index is 923. The van der Waals surface area contributed by atoms with E-state index < -0.39 is 0 Å². The van der Waals surface area contributed by atoms with Gasteiger partial charge in [0.25, 0.3) is 0 Å². The normalized spacial score (nSPS) is 10.2.